The number of thiophene rings is 1. The predicted molar refractivity (Wildman–Crippen MR) is 117 cm³/mol. The fraction of sp³-hybridized carbons (Fsp3) is 0.348. The number of ether oxygens (including phenoxy) is 1. The number of carbonyl (C=O) groups is 2. The van der Waals surface area contributed by atoms with E-state index in [-0.39, 0.29) is 18.6 Å². The molecule has 0 saturated heterocycles. The minimum atomic E-state index is -0.549. The maximum atomic E-state index is 12.8. The topological polar surface area (TPSA) is 73.2 Å². The van der Waals surface area contributed by atoms with Gasteiger partial charge in [0.15, 0.2) is 6.61 Å². The Hall–Kier alpha value is -2.93. The Bertz CT molecular complexity index is 998. The molecule has 0 spiro atoms. The van der Waals surface area contributed by atoms with Gasteiger partial charge in [0.1, 0.15) is 11.3 Å². The lowest BCUT2D eigenvalue weighted by atomic mass is 9.86. The molecule has 2 aromatic heterocycles. The van der Waals surface area contributed by atoms with Crippen LogP contribution in [-0.4, -0.2) is 34.3 Å². The SMILES string of the molecule is C[C@@H]1CCCC[C@@H]1NC(=O)COC(=O)c1cn(-c2ccccc2)nc1-c1cccs1. The van der Waals surface area contributed by atoms with Crippen LogP contribution in [-0.2, 0) is 9.53 Å². The average Bonchev–Trinajstić information content (AvgIpc) is 3.44. The molecule has 3 aromatic rings. The molecular formula is C23H25N3O3S. The van der Waals surface area contributed by atoms with E-state index in [4.69, 9.17) is 4.74 Å². The van der Waals surface area contributed by atoms with Crippen molar-refractivity contribution in [1.82, 2.24) is 15.1 Å². The molecule has 156 valence electrons. The summed E-state index contributed by atoms with van der Waals surface area (Å²) in [5, 5.41) is 9.55. The zero-order valence-corrected chi connectivity index (χ0v) is 17.7. The van der Waals surface area contributed by atoms with Crippen molar-refractivity contribution in [3.8, 4) is 16.3 Å². The van der Waals surface area contributed by atoms with Crippen LogP contribution in [0, 0.1) is 5.92 Å². The molecule has 0 radical (unpaired) electrons. The molecule has 0 bridgehead atoms. The molecule has 1 N–H and O–H groups in total. The van der Waals surface area contributed by atoms with E-state index in [1.807, 2.05) is 47.8 Å². The van der Waals surface area contributed by atoms with E-state index in [1.54, 1.807) is 10.9 Å². The smallest absolute Gasteiger partial charge is 0.342 e. The van der Waals surface area contributed by atoms with Gasteiger partial charge in [0.2, 0.25) is 0 Å². The van der Waals surface area contributed by atoms with Crippen LogP contribution in [0.1, 0.15) is 43.0 Å². The molecule has 0 unspecified atom stereocenters. The first-order valence-corrected chi connectivity index (χ1v) is 11.2. The van der Waals surface area contributed by atoms with E-state index in [0.717, 1.165) is 29.8 Å². The van der Waals surface area contributed by atoms with Crippen LogP contribution in [0.25, 0.3) is 16.3 Å². The summed E-state index contributed by atoms with van der Waals surface area (Å²) in [5.41, 5.74) is 1.75. The first-order chi connectivity index (χ1) is 14.6. The molecule has 1 aliphatic carbocycles. The molecule has 1 aliphatic rings. The van der Waals surface area contributed by atoms with E-state index in [2.05, 4.69) is 17.3 Å². The number of hydrogen-bond acceptors (Lipinski definition) is 5. The molecule has 7 heteroatoms. The van der Waals surface area contributed by atoms with Gasteiger partial charge in [-0.3, -0.25) is 4.79 Å². The van der Waals surface area contributed by atoms with Gasteiger partial charge >= 0.3 is 5.97 Å². The lowest BCUT2D eigenvalue weighted by molar-refractivity contribution is -0.125. The molecule has 1 amide bonds. The van der Waals surface area contributed by atoms with Gasteiger partial charge in [-0.25, -0.2) is 9.48 Å². The van der Waals surface area contributed by atoms with Crippen LogP contribution in [0.5, 0.6) is 0 Å². The van der Waals surface area contributed by atoms with E-state index < -0.39 is 5.97 Å². The maximum absolute atomic E-state index is 12.8. The zero-order chi connectivity index (χ0) is 20.9. The Morgan fingerprint density at radius 1 is 1.17 bits per heavy atom. The Labute approximate surface area is 179 Å². The number of amides is 1. The van der Waals surface area contributed by atoms with Gasteiger partial charge in [-0.15, -0.1) is 11.3 Å². The third-order valence-corrected chi connectivity index (χ3v) is 6.38. The maximum Gasteiger partial charge on any atom is 0.342 e. The molecule has 30 heavy (non-hydrogen) atoms. The van der Waals surface area contributed by atoms with Crippen molar-refractivity contribution >= 4 is 23.2 Å². The average molecular weight is 424 g/mol. The van der Waals surface area contributed by atoms with Crippen LogP contribution in [0.4, 0.5) is 0 Å². The summed E-state index contributed by atoms with van der Waals surface area (Å²) in [5.74, 6) is -0.351. The third-order valence-electron chi connectivity index (χ3n) is 5.50. The van der Waals surface area contributed by atoms with Crippen LogP contribution in [0.15, 0.2) is 54.0 Å². The van der Waals surface area contributed by atoms with Crippen molar-refractivity contribution in [3.05, 3.63) is 59.6 Å². The first-order valence-electron chi connectivity index (χ1n) is 10.3. The van der Waals surface area contributed by atoms with Crippen molar-refractivity contribution in [2.45, 2.75) is 38.6 Å². The van der Waals surface area contributed by atoms with Gasteiger partial charge in [0.25, 0.3) is 5.91 Å². The molecule has 2 atom stereocenters. The van der Waals surface area contributed by atoms with Crippen molar-refractivity contribution in [2.75, 3.05) is 6.61 Å². The highest BCUT2D eigenvalue weighted by molar-refractivity contribution is 7.13. The quantitative estimate of drug-likeness (QED) is 0.595. The molecule has 1 aromatic carbocycles. The molecule has 1 saturated carbocycles. The number of esters is 1. The number of para-hydroxylation sites is 1. The van der Waals surface area contributed by atoms with Crippen molar-refractivity contribution < 1.29 is 14.3 Å². The standard InChI is InChI=1S/C23H25N3O3S/c1-16-8-5-6-11-19(16)24-21(27)15-29-23(28)18-14-26(17-9-3-2-4-10-17)25-22(18)20-12-7-13-30-20/h2-4,7,9-10,12-14,16,19H,5-6,8,11,15H2,1H3,(H,24,27)/t16-,19+/m1/s1. The van der Waals surface area contributed by atoms with Gasteiger partial charge in [-0.2, -0.15) is 5.10 Å². The second-order valence-corrected chi connectivity index (χ2v) is 8.61. The van der Waals surface area contributed by atoms with Crippen LogP contribution < -0.4 is 5.32 Å². The third kappa shape index (κ3) is 4.62. The summed E-state index contributed by atoms with van der Waals surface area (Å²) in [6.07, 6.45) is 6.09. The summed E-state index contributed by atoms with van der Waals surface area (Å²) in [6.45, 7) is 1.86. The summed E-state index contributed by atoms with van der Waals surface area (Å²) < 4.78 is 7.02. The highest BCUT2D eigenvalue weighted by atomic mass is 32.1. The highest BCUT2D eigenvalue weighted by Gasteiger charge is 2.25. The highest BCUT2D eigenvalue weighted by Crippen LogP contribution is 2.28. The summed E-state index contributed by atoms with van der Waals surface area (Å²) in [6, 6.07) is 13.6. The number of aromatic nitrogens is 2. The van der Waals surface area contributed by atoms with Crippen LogP contribution in [0.2, 0.25) is 0 Å². The Morgan fingerprint density at radius 2 is 1.97 bits per heavy atom. The lowest BCUT2D eigenvalue weighted by Gasteiger charge is -2.29. The molecule has 1 fully saturated rings. The van der Waals surface area contributed by atoms with Crippen molar-refractivity contribution in [1.29, 1.82) is 0 Å². The van der Waals surface area contributed by atoms with Gasteiger partial charge in [0, 0.05) is 12.2 Å². The van der Waals surface area contributed by atoms with Crippen molar-refractivity contribution in [3.63, 3.8) is 0 Å². The Balaban J connectivity index is 1.47. The lowest BCUT2D eigenvalue weighted by Crippen LogP contribution is -2.42. The summed E-state index contributed by atoms with van der Waals surface area (Å²) >= 11 is 1.50. The minimum Gasteiger partial charge on any atom is -0.452 e. The number of carbonyl (C=O) groups excluding carboxylic acids is 2. The number of nitrogens with zero attached hydrogens (tertiary/aromatic N) is 2. The number of rotatable bonds is 6. The minimum absolute atomic E-state index is 0.160. The monoisotopic (exact) mass is 423 g/mol. The van der Waals surface area contributed by atoms with Gasteiger partial charge < -0.3 is 10.1 Å². The molecule has 0 aliphatic heterocycles. The van der Waals surface area contributed by atoms with Crippen LogP contribution >= 0.6 is 11.3 Å². The second-order valence-electron chi connectivity index (χ2n) is 7.66. The van der Waals surface area contributed by atoms with E-state index in [0.29, 0.717) is 17.2 Å². The van der Waals surface area contributed by atoms with Gasteiger partial charge in [0.05, 0.1) is 10.6 Å². The Kier molecular flexibility index (Phi) is 6.28. The Morgan fingerprint density at radius 3 is 2.70 bits per heavy atom. The second kappa shape index (κ2) is 9.26. The molecule has 2 heterocycles. The molecule has 4 rings (SSSR count). The first kappa shape index (κ1) is 20.3. The predicted octanol–water partition coefficient (Wildman–Crippen LogP) is 4.45. The van der Waals surface area contributed by atoms with E-state index in [1.165, 1.54) is 17.8 Å². The summed E-state index contributed by atoms with van der Waals surface area (Å²) in [7, 11) is 0. The number of nitrogens with one attached hydrogen (secondary N) is 1. The van der Waals surface area contributed by atoms with E-state index >= 15 is 0 Å². The zero-order valence-electron chi connectivity index (χ0n) is 16.9. The van der Waals surface area contributed by atoms with E-state index in [9.17, 15) is 9.59 Å². The fourth-order valence-corrected chi connectivity index (χ4v) is 4.54. The summed E-state index contributed by atoms with van der Waals surface area (Å²) in [4.78, 5) is 26.0. The van der Waals surface area contributed by atoms with Crippen molar-refractivity contribution in [2.24, 2.45) is 5.92 Å². The molecular weight excluding hydrogens is 398 g/mol. The normalized spacial score (nSPS) is 18.7. The van der Waals surface area contributed by atoms with Gasteiger partial charge in [-0.1, -0.05) is 44.0 Å². The van der Waals surface area contributed by atoms with Gasteiger partial charge in [-0.05, 0) is 42.3 Å². The number of benzene rings is 1. The largest absolute Gasteiger partial charge is 0.452 e. The van der Waals surface area contributed by atoms with Crippen LogP contribution in [0.3, 0.4) is 0 Å². The fourth-order valence-electron chi connectivity index (χ4n) is 3.82. The molecule has 6 nitrogen and oxygen atoms in total. The number of hydrogen-bond donors (Lipinski definition) is 1.